The third-order valence-electron chi connectivity index (χ3n) is 2.12. The van der Waals surface area contributed by atoms with Crippen molar-refractivity contribution in [3.05, 3.63) is 34.9 Å². The highest BCUT2D eigenvalue weighted by atomic mass is 16.1. The molecule has 0 aliphatic rings. The van der Waals surface area contributed by atoms with Crippen LogP contribution in [0.2, 0.25) is 0 Å². The van der Waals surface area contributed by atoms with Gasteiger partial charge in [0, 0.05) is 5.56 Å². The maximum absolute atomic E-state index is 11.7. The van der Waals surface area contributed by atoms with Gasteiger partial charge in [-0.3, -0.25) is 4.79 Å². The molecule has 0 bridgehead atoms. The van der Waals surface area contributed by atoms with Crippen molar-refractivity contribution in [2.75, 3.05) is 0 Å². The summed E-state index contributed by atoms with van der Waals surface area (Å²) in [6.45, 7) is 5.68. The number of hydrogen-bond acceptors (Lipinski definition) is 1. The van der Waals surface area contributed by atoms with Crippen LogP contribution in [0.15, 0.2) is 18.2 Å². The zero-order valence-corrected chi connectivity index (χ0v) is 8.85. The molecule has 0 radical (unpaired) electrons. The highest BCUT2D eigenvalue weighted by molar-refractivity contribution is 5.99. The van der Waals surface area contributed by atoms with Crippen LogP contribution in [0.25, 0.3) is 0 Å². The molecule has 72 valence electrons. The zero-order chi connectivity index (χ0) is 10.6. The Hall–Kier alpha value is -1.55. The number of Topliss-reactive ketones (excluding diaryl/α,β-unsaturated/α-hetero) is 1. The van der Waals surface area contributed by atoms with Crippen molar-refractivity contribution >= 4 is 5.78 Å². The SMILES string of the molecule is CC#CCC(=O)c1cc(C)ccc1C. The minimum atomic E-state index is 0.112. The fourth-order valence-corrected chi connectivity index (χ4v) is 1.30. The Morgan fingerprint density at radius 2 is 2.07 bits per heavy atom. The van der Waals surface area contributed by atoms with Gasteiger partial charge in [-0.2, -0.15) is 0 Å². The van der Waals surface area contributed by atoms with Gasteiger partial charge in [0.25, 0.3) is 0 Å². The van der Waals surface area contributed by atoms with E-state index >= 15 is 0 Å². The first-order valence-corrected chi connectivity index (χ1v) is 4.65. The molecule has 0 saturated heterocycles. The van der Waals surface area contributed by atoms with Gasteiger partial charge >= 0.3 is 0 Å². The maximum Gasteiger partial charge on any atom is 0.175 e. The summed E-state index contributed by atoms with van der Waals surface area (Å²) in [6, 6.07) is 5.91. The Labute approximate surface area is 85.1 Å². The molecule has 0 heterocycles. The standard InChI is InChI=1S/C13H14O/c1-4-5-6-13(14)12-9-10(2)7-8-11(12)3/h7-9H,6H2,1-3H3. The second kappa shape index (κ2) is 4.62. The molecule has 1 rings (SSSR count). The van der Waals surface area contributed by atoms with Gasteiger partial charge in [-0.15, -0.1) is 5.92 Å². The van der Waals surface area contributed by atoms with E-state index in [-0.39, 0.29) is 5.78 Å². The monoisotopic (exact) mass is 186 g/mol. The molecule has 1 aromatic carbocycles. The van der Waals surface area contributed by atoms with Crippen LogP contribution in [0, 0.1) is 25.7 Å². The normalized spacial score (nSPS) is 9.07. The molecule has 0 spiro atoms. The van der Waals surface area contributed by atoms with E-state index in [1.54, 1.807) is 6.92 Å². The van der Waals surface area contributed by atoms with Gasteiger partial charge in [-0.25, -0.2) is 0 Å². The molecule has 14 heavy (non-hydrogen) atoms. The summed E-state index contributed by atoms with van der Waals surface area (Å²) in [7, 11) is 0. The second-order valence-corrected chi connectivity index (χ2v) is 3.35. The fourth-order valence-electron chi connectivity index (χ4n) is 1.30. The first-order chi connectivity index (χ1) is 6.65. The summed E-state index contributed by atoms with van der Waals surface area (Å²) in [5.41, 5.74) is 2.94. The highest BCUT2D eigenvalue weighted by Gasteiger charge is 2.07. The molecule has 0 saturated carbocycles. The van der Waals surface area contributed by atoms with Gasteiger partial charge in [-0.1, -0.05) is 23.6 Å². The molecular formula is C13H14O. The lowest BCUT2D eigenvalue weighted by Gasteiger charge is -2.03. The van der Waals surface area contributed by atoms with Crippen molar-refractivity contribution in [1.82, 2.24) is 0 Å². The Kier molecular flexibility index (Phi) is 3.48. The number of benzene rings is 1. The van der Waals surface area contributed by atoms with Crippen LogP contribution < -0.4 is 0 Å². The molecular weight excluding hydrogens is 172 g/mol. The van der Waals surface area contributed by atoms with Crippen LogP contribution in [0.3, 0.4) is 0 Å². The average molecular weight is 186 g/mol. The first kappa shape index (κ1) is 10.5. The Morgan fingerprint density at radius 3 is 2.71 bits per heavy atom. The van der Waals surface area contributed by atoms with Crippen molar-refractivity contribution in [2.45, 2.75) is 27.2 Å². The van der Waals surface area contributed by atoms with E-state index < -0.39 is 0 Å². The lowest BCUT2D eigenvalue weighted by molar-refractivity contribution is 0.0997. The number of ketones is 1. The van der Waals surface area contributed by atoms with Gasteiger partial charge in [-0.05, 0) is 32.4 Å². The summed E-state index contributed by atoms with van der Waals surface area (Å²) in [5, 5.41) is 0. The number of aryl methyl sites for hydroxylation is 2. The van der Waals surface area contributed by atoms with Crippen LogP contribution in [0.5, 0.6) is 0 Å². The van der Waals surface area contributed by atoms with E-state index in [4.69, 9.17) is 0 Å². The lowest BCUT2D eigenvalue weighted by Crippen LogP contribution is -2.00. The molecule has 1 aromatic rings. The fraction of sp³-hybridized carbons (Fsp3) is 0.308. The molecule has 0 aliphatic heterocycles. The van der Waals surface area contributed by atoms with Crippen molar-refractivity contribution in [2.24, 2.45) is 0 Å². The van der Waals surface area contributed by atoms with Crippen molar-refractivity contribution in [3.8, 4) is 11.8 Å². The summed E-state index contributed by atoms with van der Waals surface area (Å²) in [5.74, 6) is 5.64. The summed E-state index contributed by atoms with van der Waals surface area (Å²) < 4.78 is 0. The number of rotatable bonds is 2. The molecule has 0 aliphatic carbocycles. The smallest absolute Gasteiger partial charge is 0.175 e. The summed E-state index contributed by atoms with van der Waals surface area (Å²) >= 11 is 0. The number of carbonyl (C=O) groups is 1. The van der Waals surface area contributed by atoms with Crippen LogP contribution in [0.1, 0.15) is 34.8 Å². The van der Waals surface area contributed by atoms with Crippen LogP contribution in [-0.2, 0) is 0 Å². The molecule has 0 amide bonds. The summed E-state index contributed by atoms with van der Waals surface area (Å²) in [6.07, 6.45) is 0.320. The van der Waals surface area contributed by atoms with Crippen LogP contribution >= 0.6 is 0 Å². The third-order valence-corrected chi connectivity index (χ3v) is 2.12. The zero-order valence-electron chi connectivity index (χ0n) is 8.85. The van der Waals surface area contributed by atoms with E-state index in [0.717, 1.165) is 16.7 Å². The van der Waals surface area contributed by atoms with Crippen molar-refractivity contribution in [1.29, 1.82) is 0 Å². The Bertz CT molecular complexity index is 405. The van der Waals surface area contributed by atoms with Gasteiger partial charge < -0.3 is 0 Å². The van der Waals surface area contributed by atoms with Crippen molar-refractivity contribution in [3.63, 3.8) is 0 Å². The van der Waals surface area contributed by atoms with Crippen LogP contribution in [-0.4, -0.2) is 5.78 Å². The minimum absolute atomic E-state index is 0.112. The molecule has 1 heteroatoms. The molecule has 0 N–H and O–H groups in total. The predicted octanol–water partition coefficient (Wildman–Crippen LogP) is 2.90. The Morgan fingerprint density at radius 1 is 1.36 bits per heavy atom. The average Bonchev–Trinajstić information content (AvgIpc) is 2.18. The molecule has 1 nitrogen and oxygen atoms in total. The lowest BCUT2D eigenvalue weighted by atomic mass is 10.0. The number of hydrogen-bond donors (Lipinski definition) is 0. The Balaban J connectivity index is 2.98. The van der Waals surface area contributed by atoms with E-state index in [9.17, 15) is 4.79 Å². The van der Waals surface area contributed by atoms with Gasteiger partial charge in [0.05, 0.1) is 6.42 Å². The van der Waals surface area contributed by atoms with E-state index in [0.29, 0.717) is 6.42 Å². The predicted molar refractivity (Wildman–Crippen MR) is 58.3 cm³/mol. The first-order valence-electron chi connectivity index (χ1n) is 4.65. The topological polar surface area (TPSA) is 17.1 Å². The second-order valence-electron chi connectivity index (χ2n) is 3.35. The van der Waals surface area contributed by atoms with Crippen molar-refractivity contribution < 1.29 is 4.79 Å². The largest absolute Gasteiger partial charge is 0.293 e. The van der Waals surface area contributed by atoms with Gasteiger partial charge in [0.15, 0.2) is 5.78 Å². The molecule has 0 atom stereocenters. The van der Waals surface area contributed by atoms with E-state index in [2.05, 4.69) is 11.8 Å². The van der Waals surface area contributed by atoms with E-state index in [1.165, 1.54) is 0 Å². The third kappa shape index (κ3) is 2.47. The minimum Gasteiger partial charge on any atom is -0.293 e. The summed E-state index contributed by atoms with van der Waals surface area (Å²) in [4.78, 5) is 11.7. The van der Waals surface area contributed by atoms with Gasteiger partial charge in [0.2, 0.25) is 0 Å². The highest BCUT2D eigenvalue weighted by Crippen LogP contribution is 2.12. The molecule has 0 fully saturated rings. The quantitative estimate of drug-likeness (QED) is 0.512. The molecule has 0 unspecified atom stereocenters. The van der Waals surface area contributed by atoms with Gasteiger partial charge in [0.1, 0.15) is 0 Å². The van der Waals surface area contributed by atoms with Crippen LogP contribution in [0.4, 0.5) is 0 Å². The maximum atomic E-state index is 11.7. The van der Waals surface area contributed by atoms with E-state index in [1.807, 2.05) is 32.0 Å². The molecule has 0 aromatic heterocycles. The number of carbonyl (C=O) groups excluding carboxylic acids is 1.